The third-order valence-corrected chi connectivity index (χ3v) is 5.42. The molecule has 1 aliphatic rings. The molecule has 2 rings (SSSR count). The Morgan fingerprint density at radius 1 is 1.24 bits per heavy atom. The topological polar surface area (TPSA) is 72.9 Å². The van der Waals surface area contributed by atoms with Gasteiger partial charge in [-0.1, -0.05) is 24.6 Å². The highest BCUT2D eigenvalue weighted by Gasteiger charge is 2.39. The van der Waals surface area contributed by atoms with E-state index in [0.29, 0.717) is 12.8 Å². The fourth-order valence-corrected chi connectivity index (χ4v) is 3.89. The first-order valence-electron chi connectivity index (χ1n) is 8.51. The molecule has 140 valence electrons. The van der Waals surface area contributed by atoms with Gasteiger partial charge in [0.1, 0.15) is 5.60 Å². The minimum Gasteiger partial charge on any atom is -0.444 e. The number of hydrogen-bond acceptors (Lipinski definition) is 5. The minimum absolute atomic E-state index is 0.0898. The number of carbonyl (C=O) groups is 1. The molecule has 0 radical (unpaired) electrons. The molecule has 0 N–H and O–H groups in total. The van der Waals surface area contributed by atoms with Crippen LogP contribution in [0.1, 0.15) is 46.1 Å². The van der Waals surface area contributed by atoms with E-state index in [1.165, 1.54) is 12.1 Å². The SMILES string of the molecule is CC[C@@H]1C[C@@H](OS(=O)(=O)c2ccc(C)cc2)CN1C(=O)OC(C)(C)C. The summed E-state index contributed by atoms with van der Waals surface area (Å²) in [6, 6.07) is 6.43. The van der Waals surface area contributed by atoms with Crippen LogP contribution in [0.3, 0.4) is 0 Å². The second-order valence-corrected chi connectivity index (χ2v) is 8.99. The monoisotopic (exact) mass is 369 g/mol. The van der Waals surface area contributed by atoms with Crippen LogP contribution in [0, 0.1) is 6.92 Å². The molecule has 0 unspecified atom stereocenters. The fraction of sp³-hybridized carbons (Fsp3) is 0.611. The van der Waals surface area contributed by atoms with Gasteiger partial charge in [0.25, 0.3) is 10.1 Å². The zero-order valence-electron chi connectivity index (χ0n) is 15.5. The van der Waals surface area contributed by atoms with Crippen LogP contribution in [0.5, 0.6) is 0 Å². The van der Waals surface area contributed by atoms with E-state index in [-0.39, 0.29) is 17.5 Å². The molecule has 1 aromatic carbocycles. The number of aryl methyl sites for hydroxylation is 1. The van der Waals surface area contributed by atoms with E-state index < -0.39 is 27.9 Å². The number of benzene rings is 1. The van der Waals surface area contributed by atoms with Crippen LogP contribution in [0.15, 0.2) is 29.2 Å². The molecule has 25 heavy (non-hydrogen) atoms. The van der Waals surface area contributed by atoms with E-state index >= 15 is 0 Å². The zero-order valence-corrected chi connectivity index (χ0v) is 16.3. The fourth-order valence-electron chi connectivity index (χ4n) is 2.81. The third-order valence-electron chi connectivity index (χ3n) is 4.05. The van der Waals surface area contributed by atoms with Crippen LogP contribution in [-0.4, -0.2) is 43.7 Å². The maximum absolute atomic E-state index is 12.4. The molecule has 0 saturated carbocycles. The molecule has 2 atom stereocenters. The lowest BCUT2D eigenvalue weighted by atomic mass is 10.1. The van der Waals surface area contributed by atoms with Crippen molar-refractivity contribution in [2.45, 2.75) is 70.1 Å². The minimum atomic E-state index is -3.86. The van der Waals surface area contributed by atoms with Gasteiger partial charge in [-0.05, 0) is 52.7 Å². The molecule has 0 aliphatic carbocycles. The van der Waals surface area contributed by atoms with Crippen molar-refractivity contribution >= 4 is 16.2 Å². The largest absolute Gasteiger partial charge is 0.444 e. The van der Waals surface area contributed by atoms with Gasteiger partial charge in [-0.3, -0.25) is 4.18 Å². The Hall–Kier alpha value is -1.60. The normalized spacial score (nSPS) is 21.4. The Morgan fingerprint density at radius 3 is 2.36 bits per heavy atom. The molecule has 6 nitrogen and oxygen atoms in total. The van der Waals surface area contributed by atoms with Crippen molar-refractivity contribution in [3.05, 3.63) is 29.8 Å². The lowest BCUT2D eigenvalue weighted by Crippen LogP contribution is -2.40. The van der Waals surface area contributed by atoms with E-state index in [9.17, 15) is 13.2 Å². The quantitative estimate of drug-likeness (QED) is 0.760. The summed E-state index contributed by atoms with van der Waals surface area (Å²) in [5.41, 5.74) is 0.379. The van der Waals surface area contributed by atoms with Crippen molar-refractivity contribution in [2.24, 2.45) is 0 Å². The molecule has 0 aromatic heterocycles. The number of carbonyl (C=O) groups excluding carboxylic acids is 1. The summed E-state index contributed by atoms with van der Waals surface area (Å²) in [5.74, 6) is 0. The third kappa shape index (κ3) is 5.19. The molecule has 1 heterocycles. The van der Waals surface area contributed by atoms with Gasteiger partial charge in [0.15, 0.2) is 0 Å². The lowest BCUT2D eigenvalue weighted by molar-refractivity contribution is 0.0210. The van der Waals surface area contributed by atoms with Crippen molar-refractivity contribution in [1.29, 1.82) is 0 Å². The maximum atomic E-state index is 12.4. The molecule has 1 aliphatic heterocycles. The predicted molar refractivity (Wildman–Crippen MR) is 94.9 cm³/mol. The molecule has 1 saturated heterocycles. The summed E-state index contributed by atoms with van der Waals surface area (Å²) in [5, 5.41) is 0. The van der Waals surface area contributed by atoms with Crippen molar-refractivity contribution in [3.8, 4) is 0 Å². The van der Waals surface area contributed by atoms with Crippen molar-refractivity contribution in [1.82, 2.24) is 4.90 Å². The highest BCUT2D eigenvalue weighted by atomic mass is 32.2. The number of likely N-dealkylation sites (tertiary alicyclic amines) is 1. The number of nitrogens with zero attached hydrogens (tertiary/aromatic N) is 1. The van der Waals surface area contributed by atoms with Gasteiger partial charge in [0.2, 0.25) is 0 Å². The van der Waals surface area contributed by atoms with Gasteiger partial charge in [-0.25, -0.2) is 4.79 Å². The van der Waals surface area contributed by atoms with Gasteiger partial charge in [-0.2, -0.15) is 8.42 Å². The smallest absolute Gasteiger partial charge is 0.410 e. The number of rotatable bonds is 4. The first-order chi connectivity index (χ1) is 11.5. The van der Waals surface area contributed by atoms with Gasteiger partial charge in [-0.15, -0.1) is 0 Å². The average Bonchev–Trinajstić information content (AvgIpc) is 2.88. The molecule has 1 amide bonds. The first kappa shape index (κ1) is 19.7. The summed E-state index contributed by atoms with van der Waals surface area (Å²) in [6.45, 7) is 9.46. The zero-order chi connectivity index (χ0) is 18.8. The van der Waals surface area contributed by atoms with Crippen LogP contribution in [0.25, 0.3) is 0 Å². The van der Waals surface area contributed by atoms with E-state index in [2.05, 4.69) is 0 Å². The summed E-state index contributed by atoms with van der Waals surface area (Å²) >= 11 is 0. The molecular formula is C18H27NO5S. The first-order valence-corrected chi connectivity index (χ1v) is 9.92. The van der Waals surface area contributed by atoms with Crippen molar-refractivity contribution in [2.75, 3.05) is 6.54 Å². The lowest BCUT2D eigenvalue weighted by Gasteiger charge is -2.27. The van der Waals surface area contributed by atoms with Crippen LogP contribution < -0.4 is 0 Å². The number of hydrogen-bond donors (Lipinski definition) is 0. The van der Waals surface area contributed by atoms with E-state index in [1.54, 1.807) is 37.8 Å². The molecule has 0 spiro atoms. The van der Waals surface area contributed by atoms with E-state index in [4.69, 9.17) is 8.92 Å². The Balaban J connectivity index is 2.09. The van der Waals surface area contributed by atoms with Gasteiger partial charge >= 0.3 is 6.09 Å². The Labute approximate surface area is 150 Å². The summed E-state index contributed by atoms with van der Waals surface area (Å²) in [4.78, 5) is 14.0. The molecular weight excluding hydrogens is 342 g/mol. The predicted octanol–water partition coefficient (Wildman–Crippen LogP) is 3.49. The van der Waals surface area contributed by atoms with Crippen LogP contribution >= 0.6 is 0 Å². The van der Waals surface area contributed by atoms with Gasteiger partial charge < -0.3 is 9.64 Å². The highest BCUT2D eigenvalue weighted by Crippen LogP contribution is 2.27. The number of amides is 1. The maximum Gasteiger partial charge on any atom is 0.410 e. The molecule has 1 fully saturated rings. The number of ether oxygens (including phenoxy) is 1. The van der Waals surface area contributed by atoms with Crippen molar-refractivity contribution in [3.63, 3.8) is 0 Å². The van der Waals surface area contributed by atoms with Crippen LogP contribution in [-0.2, 0) is 19.0 Å². The van der Waals surface area contributed by atoms with E-state index in [1.807, 2.05) is 13.8 Å². The highest BCUT2D eigenvalue weighted by molar-refractivity contribution is 7.86. The van der Waals surface area contributed by atoms with Crippen LogP contribution in [0.4, 0.5) is 4.79 Å². The van der Waals surface area contributed by atoms with E-state index in [0.717, 1.165) is 5.56 Å². The average molecular weight is 369 g/mol. The Morgan fingerprint density at radius 2 is 1.84 bits per heavy atom. The van der Waals surface area contributed by atoms with Crippen molar-refractivity contribution < 1.29 is 22.1 Å². The molecule has 7 heteroatoms. The summed E-state index contributed by atoms with van der Waals surface area (Å²) < 4.78 is 35.7. The summed E-state index contributed by atoms with van der Waals surface area (Å²) in [7, 11) is -3.86. The van der Waals surface area contributed by atoms with Gasteiger partial charge in [0.05, 0.1) is 17.5 Å². The van der Waals surface area contributed by atoms with Crippen LogP contribution in [0.2, 0.25) is 0 Å². The standard InChI is InChI=1S/C18H27NO5S/c1-6-14-11-15(12-19(14)17(20)23-18(3,4)5)24-25(21,22)16-9-7-13(2)8-10-16/h7-10,14-15H,6,11-12H2,1-5H3/t14-,15-/m1/s1. The molecule has 0 bridgehead atoms. The summed E-state index contributed by atoms with van der Waals surface area (Å²) in [6.07, 6.45) is 0.187. The Bertz CT molecular complexity index is 706. The second-order valence-electron chi connectivity index (χ2n) is 7.42. The molecule has 1 aromatic rings. The second kappa shape index (κ2) is 7.33. The van der Waals surface area contributed by atoms with Gasteiger partial charge in [0, 0.05) is 6.04 Å². The Kier molecular flexibility index (Phi) is 5.79.